The molecule has 26 heavy (non-hydrogen) atoms. The average Bonchev–Trinajstić information content (AvgIpc) is 3.02. The molecule has 3 rings (SSSR count). The van der Waals surface area contributed by atoms with Gasteiger partial charge in [-0.25, -0.2) is 4.98 Å². The second-order valence-electron chi connectivity index (χ2n) is 7.70. The highest BCUT2D eigenvalue weighted by Gasteiger charge is 2.18. The SMILES string of the molecule is C=C(NC=C(C)C(C)=N[C@H]1CCC[C@@H](C)C1)c1c[nH]c2ncc(C)cc12. The van der Waals surface area contributed by atoms with Crippen molar-refractivity contribution in [2.45, 2.75) is 59.4 Å². The molecule has 0 spiro atoms. The number of aromatic amines is 1. The maximum absolute atomic E-state index is 4.95. The Labute approximate surface area is 156 Å². The standard InChI is InChI=1S/C22H30N4/c1-14-7-6-8-19(9-14)26-17(4)16(3)12-23-18(5)21-13-25-22-20(21)10-15(2)11-24-22/h10-14,19,23H,5-9H2,1-4H3,(H,24,25)/t14-,19+/m1/s1. The van der Waals surface area contributed by atoms with Crippen molar-refractivity contribution in [3.05, 3.63) is 47.9 Å². The fourth-order valence-corrected chi connectivity index (χ4v) is 3.63. The summed E-state index contributed by atoms with van der Waals surface area (Å²) in [6.07, 6.45) is 10.9. The van der Waals surface area contributed by atoms with Crippen molar-refractivity contribution in [3.63, 3.8) is 0 Å². The molecule has 1 aliphatic carbocycles. The number of aryl methyl sites for hydroxylation is 1. The van der Waals surface area contributed by atoms with Crippen LogP contribution in [0, 0.1) is 12.8 Å². The van der Waals surface area contributed by atoms with Gasteiger partial charge >= 0.3 is 0 Å². The highest BCUT2D eigenvalue weighted by atomic mass is 14.9. The second kappa shape index (κ2) is 7.90. The van der Waals surface area contributed by atoms with Crippen LogP contribution in [0.5, 0.6) is 0 Å². The number of hydrogen-bond donors (Lipinski definition) is 2. The van der Waals surface area contributed by atoms with Crippen LogP contribution in [0.1, 0.15) is 57.6 Å². The topological polar surface area (TPSA) is 53.1 Å². The molecule has 2 aromatic heterocycles. The van der Waals surface area contributed by atoms with Crippen LogP contribution in [-0.4, -0.2) is 21.7 Å². The molecule has 0 amide bonds. The zero-order valence-electron chi connectivity index (χ0n) is 16.4. The van der Waals surface area contributed by atoms with Crippen LogP contribution >= 0.6 is 0 Å². The van der Waals surface area contributed by atoms with E-state index >= 15 is 0 Å². The van der Waals surface area contributed by atoms with Crippen LogP contribution in [0.25, 0.3) is 16.7 Å². The molecule has 0 unspecified atom stereocenters. The first-order valence-electron chi connectivity index (χ1n) is 9.55. The van der Waals surface area contributed by atoms with Gasteiger partial charge in [0.15, 0.2) is 0 Å². The lowest BCUT2D eigenvalue weighted by atomic mass is 9.87. The largest absolute Gasteiger partial charge is 0.361 e. The number of H-pyrrole nitrogens is 1. The summed E-state index contributed by atoms with van der Waals surface area (Å²) in [7, 11) is 0. The first-order chi connectivity index (χ1) is 12.4. The van der Waals surface area contributed by atoms with Crippen molar-refractivity contribution in [2.75, 3.05) is 0 Å². The number of aromatic nitrogens is 2. The molecule has 0 saturated heterocycles. The number of nitrogens with zero attached hydrogens (tertiary/aromatic N) is 2. The third-order valence-corrected chi connectivity index (χ3v) is 5.31. The molecule has 1 saturated carbocycles. The van der Waals surface area contributed by atoms with E-state index in [1.807, 2.05) is 18.6 Å². The van der Waals surface area contributed by atoms with E-state index in [-0.39, 0.29) is 0 Å². The average molecular weight is 351 g/mol. The van der Waals surface area contributed by atoms with E-state index in [1.165, 1.54) is 25.7 Å². The number of allylic oxidation sites excluding steroid dienone is 1. The molecule has 2 atom stereocenters. The Bertz CT molecular complexity index is 856. The molecule has 138 valence electrons. The number of nitrogens with one attached hydrogen (secondary N) is 2. The van der Waals surface area contributed by atoms with Crippen LogP contribution in [0.2, 0.25) is 0 Å². The van der Waals surface area contributed by atoms with E-state index in [4.69, 9.17) is 4.99 Å². The van der Waals surface area contributed by atoms with E-state index in [1.54, 1.807) is 0 Å². The third-order valence-electron chi connectivity index (χ3n) is 5.31. The number of pyridine rings is 1. The zero-order valence-corrected chi connectivity index (χ0v) is 16.4. The van der Waals surface area contributed by atoms with E-state index in [0.29, 0.717) is 6.04 Å². The van der Waals surface area contributed by atoms with Crippen molar-refractivity contribution in [1.29, 1.82) is 0 Å². The van der Waals surface area contributed by atoms with E-state index in [2.05, 4.69) is 55.6 Å². The Morgan fingerprint density at radius 1 is 1.38 bits per heavy atom. The predicted molar refractivity (Wildman–Crippen MR) is 111 cm³/mol. The Hall–Kier alpha value is -2.36. The third kappa shape index (κ3) is 4.24. The van der Waals surface area contributed by atoms with Gasteiger partial charge in [-0.05, 0) is 56.7 Å². The maximum atomic E-state index is 4.95. The van der Waals surface area contributed by atoms with Gasteiger partial charge in [-0.1, -0.05) is 26.3 Å². The van der Waals surface area contributed by atoms with E-state index < -0.39 is 0 Å². The predicted octanol–water partition coefficient (Wildman–Crippen LogP) is 5.38. The van der Waals surface area contributed by atoms with Crippen molar-refractivity contribution in [1.82, 2.24) is 15.3 Å². The van der Waals surface area contributed by atoms with Gasteiger partial charge in [0, 0.05) is 41.0 Å². The molecule has 1 aliphatic rings. The highest BCUT2D eigenvalue weighted by Crippen LogP contribution is 2.26. The first kappa shape index (κ1) is 18.4. The maximum Gasteiger partial charge on any atom is 0.137 e. The second-order valence-corrected chi connectivity index (χ2v) is 7.70. The van der Waals surface area contributed by atoms with Crippen LogP contribution in [0.3, 0.4) is 0 Å². The number of hydrogen-bond acceptors (Lipinski definition) is 3. The molecule has 0 aromatic carbocycles. The fourth-order valence-electron chi connectivity index (χ4n) is 3.63. The van der Waals surface area contributed by atoms with Gasteiger partial charge in [-0.15, -0.1) is 0 Å². The smallest absolute Gasteiger partial charge is 0.137 e. The van der Waals surface area contributed by atoms with Crippen LogP contribution in [0.15, 0.2) is 41.8 Å². The molecule has 2 N–H and O–H groups in total. The summed E-state index contributed by atoms with van der Waals surface area (Å²) in [6, 6.07) is 2.61. The van der Waals surface area contributed by atoms with Gasteiger partial charge in [0.25, 0.3) is 0 Å². The molecule has 4 nitrogen and oxygen atoms in total. The minimum atomic E-state index is 0.480. The summed E-state index contributed by atoms with van der Waals surface area (Å²) in [6.45, 7) is 12.8. The van der Waals surface area contributed by atoms with Crippen LogP contribution < -0.4 is 5.32 Å². The van der Waals surface area contributed by atoms with Gasteiger partial charge in [0.05, 0.1) is 6.04 Å². The minimum Gasteiger partial charge on any atom is -0.361 e. The summed E-state index contributed by atoms with van der Waals surface area (Å²) in [5.41, 5.74) is 6.21. The monoisotopic (exact) mass is 350 g/mol. The van der Waals surface area contributed by atoms with E-state index in [9.17, 15) is 0 Å². The number of rotatable bonds is 5. The van der Waals surface area contributed by atoms with Crippen molar-refractivity contribution < 1.29 is 0 Å². The molecular weight excluding hydrogens is 320 g/mol. The summed E-state index contributed by atoms with van der Waals surface area (Å²) >= 11 is 0. The Kier molecular flexibility index (Phi) is 5.60. The van der Waals surface area contributed by atoms with Gasteiger partial charge in [0.1, 0.15) is 5.65 Å². The summed E-state index contributed by atoms with van der Waals surface area (Å²) in [5.74, 6) is 0.798. The number of fused-ring (bicyclic) bond motifs is 1. The van der Waals surface area contributed by atoms with Gasteiger partial charge in [-0.2, -0.15) is 0 Å². The summed E-state index contributed by atoms with van der Waals surface area (Å²) in [4.78, 5) is 12.6. The zero-order chi connectivity index (χ0) is 18.7. The van der Waals surface area contributed by atoms with Crippen LogP contribution in [0.4, 0.5) is 0 Å². The lowest BCUT2D eigenvalue weighted by Gasteiger charge is -2.24. The van der Waals surface area contributed by atoms with Crippen molar-refractivity contribution in [3.8, 4) is 0 Å². The van der Waals surface area contributed by atoms with Crippen LogP contribution in [-0.2, 0) is 0 Å². The van der Waals surface area contributed by atoms with E-state index in [0.717, 1.165) is 45.1 Å². The number of aliphatic imine (C=N–C) groups is 1. The Balaban J connectivity index is 1.69. The molecule has 4 heteroatoms. The highest BCUT2D eigenvalue weighted by molar-refractivity contribution is 5.98. The quantitative estimate of drug-likeness (QED) is 0.712. The first-order valence-corrected chi connectivity index (χ1v) is 9.55. The van der Waals surface area contributed by atoms with Crippen molar-refractivity contribution >= 4 is 22.4 Å². The fraction of sp³-hybridized carbons (Fsp3) is 0.455. The normalized spacial score (nSPS) is 21.8. The Morgan fingerprint density at radius 3 is 2.96 bits per heavy atom. The van der Waals surface area contributed by atoms with Gasteiger partial charge < -0.3 is 10.3 Å². The molecular formula is C22H30N4. The van der Waals surface area contributed by atoms with Gasteiger partial charge in [-0.3, -0.25) is 4.99 Å². The molecule has 0 bridgehead atoms. The summed E-state index contributed by atoms with van der Waals surface area (Å²) < 4.78 is 0. The lowest BCUT2D eigenvalue weighted by molar-refractivity contribution is 0.346. The molecule has 0 aliphatic heterocycles. The van der Waals surface area contributed by atoms with Gasteiger partial charge in [0.2, 0.25) is 0 Å². The molecule has 2 heterocycles. The minimum absolute atomic E-state index is 0.480. The molecule has 1 fully saturated rings. The van der Waals surface area contributed by atoms with Crippen molar-refractivity contribution in [2.24, 2.45) is 10.9 Å². The molecule has 2 aromatic rings. The summed E-state index contributed by atoms with van der Waals surface area (Å²) in [5, 5.41) is 4.43. The lowest BCUT2D eigenvalue weighted by Crippen LogP contribution is -2.18. The Morgan fingerprint density at radius 2 is 2.19 bits per heavy atom. The molecule has 0 radical (unpaired) electrons.